The SMILES string of the molecule is CCC1CCC(N(C)c2ccc(CCl)cn2)CC1. The number of pyridine rings is 1. The number of halogens is 1. The van der Waals surface area contributed by atoms with Gasteiger partial charge in [-0.05, 0) is 43.2 Å². The summed E-state index contributed by atoms with van der Waals surface area (Å²) >= 11 is 5.79. The van der Waals surface area contributed by atoms with E-state index in [0.717, 1.165) is 17.3 Å². The third kappa shape index (κ3) is 3.17. The van der Waals surface area contributed by atoms with Crippen LogP contribution in [0, 0.1) is 5.92 Å². The fourth-order valence-corrected chi connectivity index (χ4v) is 2.99. The number of nitrogens with zero attached hydrogens (tertiary/aromatic N) is 2. The van der Waals surface area contributed by atoms with Crippen molar-refractivity contribution in [3.05, 3.63) is 23.9 Å². The molecular weight excluding hydrogens is 244 g/mol. The molecule has 0 spiro atoms. The highest BCUT2D eigenvalue weighted by molar-refractivity contribution is 6.17. The summed E-state index contributed by atoms with van der Waals surface area (Å²) in [7, 11) is 2.17. The highest BCUT2D eigenvalue weighted by Crippen LogP contribution is 2.30. The van der Waals surface area contributed by atoms with E-state index in [9.17, 15) is 0 Å². The minimum atomic E-state index is 0.540. The van der Waals surface area contributed by atoms with Crippen LogP contribution >= 0.6 is 11.6 Å². The maximum atomic E-state index is 5.79. The summed E-state index contributed by atoms with van der Waals surface area (Å²) < 4.78 is 0. The van der Waals surface area contributed by atoms with Gasteiger partial charge in [-0.25, -0.2) is 4.98 Å². The molecule has 2 rings (SSSR count). The van der Waals surface area contributed by atoms with Gasteiger partial charge < -0.3 is 4.90 Å². The van der Waals surface area contributed by atoms with Crippen LogP contribution < -0.4 is 4.90 Å². The highest BCUT2D eigenvalue weighted by Gasteiger charge is 2.23. The molecule has 0 amide bonds. The number of anilines is 1. The van der Waals surface area contributed by atoms with Crippen LogP contribution in [0.15, 0.2) is 18.3 Å². The van der Waals surface area contributed by atoms with E-state index in [2.05, 4.69) is 36.0 Å². The fourth-order valence-electron chi connectivity index (χ4n) is 2.83. The Bertz CT molecular complexity index is 355. The zero-order valence-corrected chi connectivity index (χ0v) is 12.2. The predicted octanol–water partition coefficient (Wildman–Crippen LogP) is 4.23. The number of rotatable bonds is 4. The van der Waals surface area contributed by atoms with Crippen molar-refractivity contribution >= 4 is 17.4 Å². The average molecular weight is 267 g/mol. The third-order valence-electron chi connectivity index (χ3n) is 4.27. The molecule has 0 aliphatic heterocycles. The lowest BCUT2D eigenvalue weighted by molar-refractivity contribution is 0.313. The van der Waals surface area contributed by atoms with Crippen LogP contribution in [0.5, 0.6) is 0 Å². The Morgan fingerprint density at radius 1 is 1.28 bits per heavy atom. The highest BCUT2D eigenvalue weighted by atomic mass is 35.5. The summed E-state index contributed by atoms with van der Waals surface area (Å²) in [5.41, 5.74) is 1.09. The zero-order chi connectivity index (χ0) is 13.0. The van der Waals surface area contributed by atoms with Gasteiger partial charge in [0.25, 0.3) is 0 Å². The van der Waals surface area contributed by atoms with Gasteiger partial charge in [-0.15, -0.1) is 11.6 Å². The first-order chi connectivity index (χ1) is 8.74. The molecular formula is C15H23ClN2. The molecule has 0 atom stereocenters. The van der Waals surface area contributed by atoms with E-state index >= 15 is 0 Å². The average Bonchev–Trinajstić information content (AvgIpc) is 2.47. The minimum absolute atomic E-state index is 0.540. The Morgan fingerprint density at radius 2 is 2.00 bits per heavy atom. The second kappa shape index (κ2) is 6.42. The largest absolute Gasteiger partial charge is 0.357 e. The zero-order valence-electron chi connectivity index (χ0n) is 11.4. The van der Waals surface area contributed by atoms with E-state index in [1.165, 1.54) is 32.1 Å². The molecule has 1 aliphatic rings. The Kier molecular flexibility index (Phi) is 4.87. The van der Waals surface area contributed by atoms with Crippen LogP contribution in [0.1, 0.15) is 44.6 Å². The standard InChI is InChI=1S/C15H23ClN2/c1-3-12-4-7-14(8-5-12)18(2)15-9-6-13(10-16)11-17-15/h6,9,11-12,14H,3-5,7-8,10H2,1-2H3. The van der Waals surface area contributed by atoms with E-state index in [1.807, 2.05) is 6.20 Å². The van der Waals surface area contributed by atoms with Crippen molar-refractivity contribution in [2.24, 2.45) is 5.92 Å². The van der Waals surface area contributed by atoms with Crippen molar-refractivity contribution in [1.29, 1.82) is 0 Å². The van der Waals surface area contributed by atoms with Crippen LogP contribution in [0.25, 0.3) is 0 Å². The molecule has 0 unspecified atom stereocenters. The van der Waals surface area contributed by atoms with E-state index in [0.29, 0.717) is 11.9 Å². The van der Waals surface area contributed by atoms with Crippen molar-refractivity contribution < 1.29 is 0 Å². The summed E-state index contributed by atoms with van der Waals surface area (Å²) in [6, 6.07) is 4.81. The first kappa shape index (κ1) is 13.7. The first-order valence-corrected chi connectivity index (χ1v) is 7.51. The van der Waals surface area contributed by atoms with E-state index in [-0.39, 0.29) is 0 Å². The van der Waals surface area contributed by atoms with Gasteiger partial charge in [0, 0.05) is 25.2 Å². The van der Waals surface area contributed by atoms with Gasteiger partial charge >= 0.3 is 0 Å². The van der Waals surface area contributed by atoms with Gasteiger partial charge in [0.1, 0.15) is 5.82 Å². The molecule has 1 heterocycles. The van der Waals surface area contributed by atoms with Crippen molar-refractivity contribution in [3.8, 4) is 0 Å². The summed E-state index contributed by atoms with van der Waals surface area (Å²) in [4.78, 5) is 6.84. The van der Waals surface area contributed by atoms with Gasteiger partial charge in [0.15, 0.2) is 0 Å². The Hall–Kier alpha value is -0.760. The number of hydrogen-bond acceptors (Lipinski definition) is 2. The molecule has 1 fully saturated rings. The molecule has 100 valence electrons. The predicted molar refractivity (Wildman–Crippen MR) is 78.2 cm³/mol. The number of hydrogen-bond donors (Lipinski definition) is 0. The van der Waals surface area contributed by atoms with Crippen LogP contribution in [-0.2, 0) is 5.88 Å². The summed E-state index contributed by atoms with van der Waals surface area (Å²) in [6.07, 6.45) is 8.55. The lowest BCUT2D eigenvalue weighted by Gasteiger charge is -2.35. The Morgan fingerprint density at radius 3 is 2.50 bits per heavy atom. The fraction of sp³-hybridized carbons (Fsp3) is 0.667. The molecule has 3 heteroatoms. The summed E-state index contributed by atoms with van der Waals surface area (Å²) in [6.45, 7) is 2.31. The molecule has 0 aromatic carbocycles. The molecule has 1 aromatic rings. The molecule has 0 radical (unpaired) electrons. The van der Waals surface area contributed by atoms with Crippen molar-refractivity contribution in [3.63, 3.8) is 0 Å². The molecule has 1 aromatic heterocycles. The van der Waals surface area contributed by atoms with Crippen LogP contribution in [0.3, 0.4) is 0 Å². The second-order valence-electron chi connectivity index (χ2n) is 5.35. The van der Waals surface area contributed by atoms with E-state index in [1.54, 1.807) is 0 Å². The van der Waals surface area contributed by atoms with Crippen molar-refractivity contribution in [2.75, 3.05) is 11.9 Å². The summed E-state index contributed by atoms with van der Waals surface area (Å²) in [5, 5.41) is 0. The molecule has 1 saturated carbocycles. The van der Waals surface area contributed by atoms with Gasteiger partial charge in [-0.2, -0.15) is 0 Å². The van der Waals surface area contributed by atoms with Crippen LogP contribution in [0.4, 0.5) is 5.82 Å². The van der Waals surface area contributed by atoms with Gasteiger partial charge in [-0.3, -0.25) is 0 Å². The topological polar surface area (TPSA) is 16.1 Å². The van der Waals surface area contributed by atoms with Crippen molar-refractivity contribution in [1.82, 2.24) is 4.98 Å². The maximum absolute atomic E-state index is 5.79. The lowest BCUT2D eigenvalue weighted by Crippen LogP contribution is -2.35. The van der Waals surface area contributed by atoms with Crippen LogP contribution in [-0.4, -0.2) is 18.1 Å². The summed E-state index contributed by atoms with van der Waals surface area (Å²) in [5.74, 6) is 2.56. The number of alkyl halides is 1. The lowest BCUT2D eigenvalue weighted by atomic mass is 9.84. The van der Waals surface area contributed by atoms with E-state index < -0.39 is 0 Å². The second-order valence-corrected chi connectivity index (χ2v) is 5.62. The van der Waals surface area contributed by atoms with Gasteiger partial charge in [0.2, 0.25) is 0 Å². The monoisotopic (exact) mass is 266 g/mol. The first-order valence-electron chi connectivity index (χ1n) is 6.98. The van der Waals surface area contributed by atoms with Crippen molar-refractivity contribution in [2.45, 2.75) is 50.9 Å². The molecule has 0 N–H and O–H groups in total. The Balaban J connectivity index is 1.96. The molecule has 0 saturated heterocycles. The molecule has 2 nitrogen and oxygen atoms in total. The Labute approximate surface area is 115 Å². The quantitative estimate of drug-likeness (QED) is 0.759. The molecule has 18 heavy (non-hydrogen) atoms. The molecule has 1 aliphatic carbocycles. The normalized spacial score (nSPS) is 23.9. The maximum Gasteiger partial charge on any atom is 0.128 e. The molecule has 0 bridgehead atoms. The minimum Gasteiger partial charge on any atom is -0.357 e. The third-order valence-corrected chi connectivity index (χ3v) is 4.57. The van der Waals surface area contributed by atoms with Crippen LogP contribution in [0.2, 0.25) is 0 Å². The number of aromatic nitrogens is 1. The van der Waals surface area contributed by atoms with Gasteiger partial charge in [0.05, 0.1) is 0 Å². The van der Waals surface area contributed by atoms with E-state index in [4.69, 9.17) is 11.6 Å². The smallest absolute Gasteiger partial charge is 0.128 e. The van der Waals surface area contributed by atoms with Gasteiger partial charge in [-0.1, -0.05) is 19.4 Å².